The molecule has 0 spiro atoms. The van der Waals surface area contributed by atoms with Crippen LogP contribution in [-0.4, -0.2) is 54.5 Å². The monoisotopic (exact) mass is 390 g/mol. The number of nitrogens with zero attached hydrogens (tertiary/aromatic N) is 2. The van der Waals surface area contributed by atoms with Crippen molar-refractivity contribution >= 4 is 15.9 Å². The van der Waals surface area contributed by atoms with Gasteiger partial charge in [0.1, 0.15) is 12.4 Å². The summed E-state index contributed by atoms with van der Waals surface area (Å²) in [6, 6.07) is 12.5. The first-order chi connectivity index (χ1) is 12.9. The molecule has 0 saturated carbocycles. The number of benzene rings is 1. The van der Waals surface area contributed by atoms with E-state index in [0.29, 0.717) is 25.4 Å². The summed E-state index contributed by atoms with van der Waals surface area (Å²) in [6.45, 7) is 1.13. The van der Waals surface area contributed by atoms with Gasteiger partial charge in [0.05, 0.1) is 12.3 Å². The standard InChI is InChI=1S/C19H22N2O5S/c1-27(24,25)21-10-14-9-20(19(23)17-8-7-15(12-22)26-17)11-16(14)18(21)13-5-3-2-4-6-13/h2-8,14,16,18,22H,9-12H2,1H3/t14-,16-,18+/m1/s1. The van der Waals surface area contributed by atoms with Gasteiger partial charge in [-0.1, -0.05) is 30.3 Å². The van der Waals surface area contributed by atoms with E-state index in [1.165, 1.54) is 6.26 Å². The zero-order chi connectivity index (χ0) is 19.2. The number of aliphatic hydroxyl groups excluding tert-OH is 1. The van der Waals surface area contributed by atoms with Gasteiger partial charge in [-0.2, -0.15) is 4.31 Å². The van der Waals surface area contributed by atoms with Crippen LogP contribution in [0.5, 0.6) is 0 Å². The first kappa shape index (κ1) is 18.2. The van der Waals surface area contributed by atoms with Crippen molar-refractivity contribution in [1.82, 2.24) is 9.21 Å². The van der Waals surface area contributed by atoms with Crippen molar-refractivity contribution in [3.63, 3.8) is 0 Å². The molecule has 2 aromatic rings. The Bertz CT molecular complexity index is 940. The predicted octanol–water partition coefficient (Wildman–Crippen LogP) is 1.48. The molecule has 0 bridgehead atoms. The normalized spacial score (nSPS) is 25.7. The number of aliphatic hydroxyl groups is 1. The van der Waals surface area contributed by atoms with Crippen molar-refractivity contribution in [2.45, 2.75) is 12.6 Å². The molecule has 7 nitrogen and oxygen atoms in total. The lowest BCUT2D eigenvalue weighted by atomic mass is 9.90. The molecule has 3 atom stereocenters. The van der Waals surface area contributed by atoms with E-state index in [0.717, 1.165) is 5.56 Å². The fourth-order valence-electron chi connectivity index (χ4n) is 4.31. The molecule has 2 aliphatic rings. The van der Waals surface area contributed by atoms with Gasteiger partial charge < -0.3 is 14.4 Å². The van der Waals surface area contributed by atoms with Crippen LogP contribution in [0.25, 0.3) is 0 Å². The zero-order valence-electron chi connectivity index (χ0n) is 15.0. The van der Waals surface area contributed by atoms with Crippen molar-refractivity contribution in [3.8, 4) is 0 Å². The van der Waals surface area contributed by atoms with E-state index in [4.69, 9.17) is 9.52 Å². The van der Waals surface area contributed by atoms with Gasteiger partial charge in [0.15, 0.2) is 5.76 Å². The number of carbonyl (C=O) groups excluding carboxylic acids is 1. The Morgan fingerprint density at radius 2 is 1.89 bits per heavy atom. The Labute approximate surface area is 158 Å². The lowest BCUT2D eigenvalue weighted by Crippen LogP contribution is -2.36. The molecule has 2 aliphatic heterocycles. The molecular weight excluding hydrogens is 368 g/mol. The number of carbonyl (C=O) groups is 1. The molecule has 2 fully saturated rings. The van der Waals surface area contributed by atoms with Gasteiger partial charge in [-0.05, 0) is 23.6 Å². The van der Waals surface area contributed by atoms with E-state index in [9.17, 15) is 13.2 Å². The van der Waals surface area contributed by atoms with Crippen molar-refractivity contribution in [3.05, 3.63) is 59.5 Å². The second-order valence-corrected chi connectivity index (χ2v) is 9.18. The van der Waals surface area contributed by atoms with Gasteiger partial charge >= 0.3 is 0 Å². The minimum atomic E-state index is -3.35. The van der Waals surface area contributed by atoms with Gasteiger partial charge in [0.2, 0.25) is 10.0 Å². The number of fused-ring (bicyclic) bond motifs is 1. The number of amides is 1. The maximum atomic E-state index is 12.7. The lowest BCUT2D eigenvalue weighted by molar-refractivity contribution is 0.0737. The van der Waals surface area contributed by atoms with Gasteiger partial charge in [-0.15, -0.1) is 0 Å². The maximum absolute atomic E-state index is 12.7. The molecule has 27 heavy (non-hydrogen) atoms. The molecule has 0 unspecified atom stereocenters. The molecule has 4 rings (SSSR count). The summed E-state index contributed by atoms with van der Waals surface area (Å²) < 4.78 is 31.6. The molecule has 1 aromatic heterocycles. The molecule has 0 aliphatic carbocycles. The fourth-order valence-corrected chi connectivity index (χ4v) is 5.46. The Hall–Kier alpha value is -2.16. The van der Waals surface area contributed by atoms with Crippen LogP contribution in [0.2, 0.25) is 0 Å². The first-order valence-electron chi connectivity index (χ1n) is 8.89. The number of rotatable bonds is 4. The molecule has 144 valence electrons. The zero-order valence-corrected chi connectivity index (χ0v) is 15.8. The molecule has 8 heteroatoms. The predicted molar refractivity (Wildman–Crippen MR) is 98.2 cm³/mol. The van der Waals surface area contributed by atoms with Crippen LogP contribution in [-0.2, 0) is 16.6 Å². The van der Waals surface area contributed by atoms with Gasteiger partial charge in [0, 0.05) is 25.6 Å². The smallest absolute Gasteiger partial charge is 0.289 e. The average Bonchev–Trinajstić information content (AvgIpc) is 3.34. The van der Waals surface area contributed by atoms with Crippen LogP contribution in [0.1, 0.15) is 27.9 Å². The third-order valence-electron chi connectivity index (χ3n) is 5.50. The molecule has 1 N–H and O–H groups in total. The van der Waals surface area contributed by atoms with E-state index < -0.39 is 10.0 Å². The van der Waals surface area contributed by atoms with Gasteiger partial charge in [0.25, 0.3) is 5.91 Å². The van der Waals surface area contributed by atoms with Crippen molar-refractivity contribution in [2.24, 2.45) is 11.8 Å². The lowest BCUT2D eigenvalue weighted by Gasteiger charge is -2.28. The van der Waals surface area contributed by atoms with Crippen LogP contribution in [0.15, 0.2) is 46.9 Å². The number of likely N-dealkylation sites (tertiary alicyclic amines) is 1. The van der Waals surface area contributed by atoms with Crippen molar-refractivity contribution < 1.29 is 22.7 Å². The Morgan fingerprint density at radius 3 is 2.52 bits per heavy atom. The number of hydrogen-bond donors (Lipinski definition) is 1. The van der Waals surface area contributed by atoms with Crippen LogP contribution in [0, 0.1) is 11.8 Å². The summed E-state index contributed by atoms with van der Waals surface area (Å²) in [5.74, 6) is 0.458. The van der Waals surface area contributed by atoms with E-state index in [1.54, 1.807) is 21.3 Å². The van der Waals surface area contributed by atoms with E-state index >= 15 is 0 Å². The SMILES string of the molecule is CS(=O)(=O)N1C[C@H]2CN(C(=O)c3ccc(CO)o3)C[C@H]2[C@@H]1c1ccccc1. The van der Waals surface area contributed by atoms with Crippen LogP contribution in [0.3, 0.4) is 0 Å². The summed E-state index contributed by atoms with van der Waals surface area (Å²) >= 11 is 0. The highest BCUT2D eigenvalue weighted by atomic mass is 32.2. The van der Waals surface area contributed by atoms with E-state index in [1.807, 2.05) is 30.3 Å². The minimum Gasteiger partial charge on any atom is -0.453 e. The molecule has 1 aromatic carbocycles. The van der Waals surface area contributed by atoms with Gasteiger partial charge in [-0.3, -0.25) is 4.79 Å². The topological polar surface area (TPSA) is 91.1 Å². The van der Waals surface area contributed by atoms with Gasteiger partial charge in [-0.25, -0.2) is 8.42 Å². The first-order valence-corrected chi connectivity index (χ1v) is 10.7. The highest BCUT2D eigenvalue weighted by Gasteiger charge is 2.51. The van der Waals surface area contributed by atoms with Crippen LogP contribution >= 0.6 is 0 Å². The quantitative estimate of drug-likeness (QED) is 0.854. The van der Waals surface area contributed by atoms with Crippen molar-refractivity contribution in [2.75, 3.05) is 25.9 Å². The molecular formula is C19H22N2O5S. The van der Waals surface area contributed by atoms with Crippen LogP contribution < -0.4 is 0 Å². The minimum absolute atomic E-state index is 0.0401. The number of sulfonamides is 1. The van der Waals surface area contributed by atoms with Crippen LogP contribution in [0.4, 0.5) is 0 Å². The summed E-state index contributed by atoms with van der Waals surface area (Å²) in [7, 11) is -3.35. The largest absolute Gasteiger partial charge is 0.453 e. The average molecular weight is 390 g/mol. The fraction of sp³-hybridized carbons (Fsp3) is 0.421. The Morgan fingerprint density at radius 1 is 1.15 bits per heavy atom. The summed E-state index contributed by atoms with van der Waals surface area (Å²) in [5, 5.41) is 9.11. The highest BCUT2D eigenvalue weighted by molar-refractivity contribution is 7.88. The maximum Gasteiger partial charge on any atom is 0.289 e. The highest BCUT2D eigenvalue weighted by Crippen LogP contribution is 2.46. The molecule has 0 radical (unpaired) electrons. The summed E-state index contributed by atoms with van der Waals surface area (Å²) in [4.78, 5) is 14.5. The van der Waals surface area contributed by atoms with E-state index in [2.05, 4.69) is 0 Å². The summed E-state index contributed by atoms with van der Waals surface area (Å²) in [5.41, 5.74) is 0.949. The third-order valence-corrected chi connectivity index (χ3v) is 6.73. The van der Waals surface area contributed by atoms with Crippen molar-refractivity contribution in [1.29, 1.82) is 0 Å². The van der Waals surface area contributed by atoms with E-state index in [-0.39, 0.29) is 36.2 Å². The second-order valence-electron chi connectivity index (χ2n) is 7.25. The third kappa shape index (κ3) is 3.28. The second kappa shape index (κ2) is 6.78. The summed E-state index contributed by atoms with van der Waals surface area (Å²) in [6.07, 6.45) is 1.24. The number of furan rings is 1. The molecule has 1 amide bonds. The Kier molecular flexibility index (Phi) is 4.57. The molecule has 3 heterocycles. The Balaban J connectivity index is 1.60. The molecule has 2 saturated heterocycles. The number of hydrogen-bond acceptors (Lipinski definition) is 5.